The molecule has 1 aromatic rings. The van der Waals surface area contributed by atoms with Crippen LogP contribution in [0.3, 0.4) is 0 Å². The molecule has 1 aliphatic carbocycles. The van der Waals surface area contributed by atoms with E-state index in [4.69, 9.17) is 21.1 Å². The number of ether oxygens (including phenoxy) is 2. The summed E-state index contributed by atoms with van der Waals surface area (Å²) in [5, 5.41) is 0.0136. The predicted molar refractivity (Wildman–Crippen MR) is 73.2 cm³/mol. The topological polar surface area (TPSA) is 18.5 Å². The van der Waals surface area contributed by atoms with Crippen LogP contribution in [0.1, 0.15) is 30.2 Å². The number of rotatable bonds is 5. The van der Waals surface area contributed by atoms with Gasteiger partial charge in [0.25, 0.3) is 0 Å². The quantitative estimate of drug-likeness (QED) is 0.741. The lowest BCUT2D eigenvalue weighted by atomic mass is 10.1. The van der Waals surface area contributed by atoms with Crippen molar-refractivity contribution < 1.29 is 9.47 Å². The molecule has 1 aliphatic rings. The molecule has 1 saturated carbocycles. The first-order valence-corrected chi connectivity index (χ1v) is 6.94. The molecule has 0 radical (unpaired) electrons. The van der Waals surface area contributed by atoms with Crippen molar-refractivity contribution in [2.24, 2.45) is 5.92 Å². The third-order valence-corrected chi connectivity index (χ3v) is 4.26. The van der Waals surface area contributed by atoms with Crippen molar-refractivity contribution in [3.63, 3.8) is 0 Å². The van der Waals surface area contributed by atoms with Crippen LogP contribution in [-0.4, -0.2) is 14.2 Å². The molecule has 1 atom stereocenters. The molecule has 0 N–H and O–H groups in total. The van der Waals surface area contributed by atoms with E-state index < -0.39 is 0 Å². The second-order valence-electron chi connectivity index (χ2n) is 4.35. The second kappa shape index (κ2) is 5.49. The Hall–Kier alpha value is -0.410. The summed E-state index contributed by atoms with van der Waals surface area (Å²) >= 11 is 9.94. The van der Waals surface area contributed by atoms with Crippen LogP contribution in [0.4, 0.5) is 0 Å². The summed E-state index contributed by atoms with van der Waals surface area (Å²) in [6, 6.07) is 3.91. The van der Waals surface area contributed by atoms with Crippen LogP contribution in [0, 0.1) is 5.92 Å². The summed E-state index contributed by atoms with van der Waals surface area (Å²) in [7, 11) is 3.30. The Labute approximate surface area is 115 Å². The molecule has 94 valence electrons. The zero-order chi connectivity index (χ0) is 12.4. The molecule has 0 aromatic heterocycles. The van der Waals surface area contributed by atoms with Crippen LogP contribution in [0.25, 0.3) is 0 Å². The molecule has 0 saturated heterocycles. The van der Waals surface area contributed by atoms with Crippen molar-refractivity contribution in [1.29, 1.82) is 0 Å². The van der Waals surface area contributed by atoms with Gasteiger partial charge in [0.1, 0.15) is 16.0 Å². The maximum Gasteiger partial charge on any atom is 0.141 e. The fourth-order valence-electron chi connectivity index (χ4n) is 1.94. The van der Waals surface area contributed by atoms with Gasteiger partial charge >= 0.3 is 0 Å². The van der Waals surface area contributed by atoms with Gasteiger partial charge in [0.05, 0.1) is 19.6 Å². The summed E-state index contributed by atoms with van der Waals surface area (Å²) in [6.45, 7) is 0. The highest BCUT2D eigenvalue weighted by molar-refractivity contribution is 9.10. The first-order valence-electron chi connectivity index (χ1n) is 5.71. The van der Waals surface area contributed by atoms with Gasteiger partial charge in [0.2, 0.25) is 0 Å². The maximum atomic E-state index is 6.45. The monoisotopic (exact) mass is 318 g/mol. The molecule has 0 aliphatic heterocycles. The zero-order valence-electron chi connectivity index (χ0n) is 10.0. The van der Waals surface area contributed by atoms with E-state index in [0.717, 1.165) is 33.9 Å². The first kappa shape index (κ1) is 13.0. The largest absolute Gasteiger partial charge is 0.495 e. The summed E-state index contributed by atoms with van der Waals surface area (Å²) in [6.07, 6.45) is 3.64. The van der Waals surface area contributed by atoms with E-state index in [1.807, 2.05) is 12.1 Å². The number of methoxy groups -OCH3 is 2. The molecular weight excluding hydrogens is 303 g/mol. The van der Waals surface area contributed by atoms with Gasteiger partial charge < -0.3 is 9.47 Å². The van der Waals surface area contributed by atoms with E-state index >= 15 is 0 Å². The Morgan fingerprint density at radius 3 is 2.59 bits per heavy atom. The van der Waals surface area contributed by atoms with Crippen LogP contribution in [-0.2, 0) is 0 Å². The minimum Gasteiger partial charge on any atom is -0.495 e. The molecule has 1 fully saturated rings. The van der Waals surface area contributed by atoms with E-state index in [1.54, 1.807) is 14.2 Å². The smallest absolute Gasteiger partial charge is 0.141 e. The fourth-order valence-corrected chi connectivity index (χ4v) is 3.05. The molecule has 1 aromatic carbocycles. The van der Waals surface area contributed by atoms with E-state index in [0.29, 0.717) is 0 Å². The van der Waals surface area contributed by atoms with E-state index in [2.05, 4.69) is 15.9 Å². The lowest BCUT2D eigenvalue weighted by Crippen LogP contribution is -1.99. The van der Waals surface area contributed by atoms with Gasteiger partial charge in [-0.2, -0.15) is 0 Å². The fraction of sp³-hybridized carbons (Fsp3) is 0.538. The summed E-state index contributed by atoms with van der Waals surface area (Å²) in [5.74, 6) is 2.34. The zero-order valence-corrected chi connectivity index (χ0v) is 12.3. The van der Waals surface area contributed by atoms with Crippen LogP contribution in [0.5, 0.6) is 11.5 Å². The minimum absolute atomic E-state index is 0.0136. The van der Waals surface area contributed by atoms with Gasteiger partial charge in [-0.3, -0.25) is 0 Å². The highest BCUT2D eigenvalue weighted by Gasteiger charge is 2.27. The van der Waals surface area contributed by atoms with E-state index in [-0.39, 0.29) is 5.38 Å². The highest BCUT2D eigenvalue weighted by atomic mass is 79.9. The first-order chi connectivity index (χ1) is 8.17. The number of hydrogen-bond donors (Lipinski definition) is 0. The summed E-state index contributed by atoms with van der Waals surface area (Å²) < 4.78 is 11.5. The number of halogens is 2. The average molecular weight is 320 g/mol. The molecule has 0 spiro atoms. The molecule has 17 heavy (non-hydrogen) atoms. The van der Waals surface area contributed by atoms with E-state index in [1.165, 1.54) is 12.8 Å². The number of benzene rings is 1. The predicted octanol–water partition coefficient (Wildman–Crippen LogP) is 4.55. The van der Waals surface area contributed by atoms with Gasteiger partial charge in [-0.25, -0.2) is 0 Å². The van der Waals surface area contributed by atoms with Crippen molar-refractivity contribution in [1.82, 2.24) is 0 Å². The Morgan fingerprint density at radius 1 is 1.35 bits per heavy atom. The SMILES string of the molecule is COc1ccc(C(Cl)CC2CC2)c(OC)c1Br. The normalized spacial score (nSPS) is 16.7. The molecule has 1 unspecified atom stereocenters. The molecule has 0 bridgehead atoms. The van der Waals surface area contributed by atoms with Gasteiger partial charge in [0.15, 0.2) is 0 Å². The average Bonchev–Trinajstić information content (AvgIpc) is 3.12. The van der Waals surface area contributed by atoms with Crippen molar-refractivity contribution >= 4 is 27.5 Å². The van der Waals surface area contributed by atoms with E-state index in [9.17, 15) is 0 Å². The Kier molecular flexibility index (Phi) is 4.21. The number of hydrogen-bond acceptors (Lipinski definition) is 2. The van der Waals surface area contributed by atoms with Crippen molar-refractivity contribution in [2.45, 2.75) is 24.6 Å². The van der Waals surface area contributed by atoms with Crippen LogP contribution in [0.15, 0.2) is 16.6 Å². The Morgan fingerprint density at radius 2 is 2.06 bits per heavy atom. The Bertz CT molecular complexity index is 405. The van der Waals surface area contributed by atoms with Gasteiger partial charge in [-0.05, 0) is 34.3 Å². The molecule has 2 rings (SSSR count). The van der Waals surface area contributed by atoms with Gasteiger partial charge in [-0.1, -0.05) is 18.9 Å². The molecular formula is C13H16BrClO2. The van der Waals surface area contributed by atoms with Crippen LogP contribution < -0.4 is 9.47 Å². The van der Waals surface area contributed by atoms with Crippen LogP contribution >= 0.6 is 27.5 Å². The lowest BCUT2D eigenvalue weighted by molar-refractivity contribution is 0.385. The summed E-state index contributed by atoms with van der Waals surface area (Å²) in [5.41, 5.74) is 1.04. The molecule has 0 heterocycles. The highest BCUT2D eigenvalue weighted by Crippen LogP contribution is 2.46. The molecule has 2 nitrogen and oxygen atoms in total. The standard InChI is InChI=1S/C13H16BrClO2/c1-16-11-6-5-9(13(17-2)12(11)14)10(15)7-8-3-4-8/h5-6,8,10H,3-4,7H2,1-2H3. The third-order valence-electron chi connectivity index (χ3n) is 3.09. The molecule has 4 heteroatoms. The van der Waals surface area contributed by atoms with Gasteiger partial charge in [0, 0.05) is 5.56 Å². The van der Waals surface area contributed by atoms with Crippen molar-refractivity contribution in [3.05, 3.63) is 22.2 Å². The number of alkyl halides is 1. The van der Waals surface area contributed by atoms with Gasteiger partial charge in [-0.15, -0.1) is 11.6 Å². The van der Waals surface area contributed by atoms with Crippen molar-refractivity contribution in [3.8, 4) is 11.5 Å². The minimum atomic E-state index is 0.0136. The van der Waals surface area contributed by atoms with Crippen LogP contribution in [0.2, 0.25) is 0 Å². The van der Waals surface area contributed by atoms with Crippen molar-refractivity contribution in [2.75, 3.05) is 14.2 Å². The maximum absolute atomic E-state index is 6.45. The summed E-state index contributed by atoms with van der Waals surface area (Å²) in [4.78, 5) is 0. The molecule has 0 amide bonds. The third kappa shape index (κ3) is 2.89. The second-order valence-corrected chi connectivity index (χ2v) is 5.67. The lowest BCUT2D eigenvalue weighted by Gasteiger charge is -2.16. The Balaban J connectivity index is 2.28.